The summed E-state index contributed by atoms with van der Waals surface area (Å²) in [6.45, 7) is -1.08. The summed E-state index contributed by atoms with van der Waals surface area (Å²) in [6.07, 6.45) is 2.14. The molecule has 0 aromatic heterocycles. The topological polar surface area (TPSA) is 9.23 Å². The standard InChI is InChI=1S/C8H13BF3OS.K/c1-7(9(10,11)12)5-14-6-8-3-2-4-13-8;/h8H,1-6H2;/q-1;+1. The van der Waals surface area contributed by atoms with E-state index in [1.807, 2.05) is 0 Å². The second kappa shape index (κ2) is 7.79. The van der Waals surface area contributed by atoms with Gasteiger partial charge < -0.3 is 17.7 Å². The van der Waals surface area contributed by atoms with Crippen molar-refractivity contribution in [1.29, 1.82) is 0 Å². The normalized spacial score (nSPS) is 21.1. The molecule has 1 heterocycles. The molecule has 0 aromatic carbocycles. The van der Waals surface area contributed by atoms with Crippen molar-refractivity contribution in [1.82, 2.24) is 0 Å². The third-order valence-corrected chi connectivity index (χ3v) is 3.26. The summed E-state index contributed by atoms with van der Waals surface area (Å²) in [5.74, 6) is 0.620. The Morgan fingerprint density at radius 1 is 1.47 bits per heavy atom. The zero-order valence-electron chi connectivity index (χ0n) is 8.85. The molecule has 1 aliphatic rings. The summed E-state index contributed by atoms with van der Waals surface area (Å²) < 4.78 is 41.5. The first-order chi connectivity index (χ1) is 6.50. The van der Waals surface area contributed by atoms with Crippen molar-refractivity contribution >= 4 is 18.7 Å². The molecule has 1 nitrogen and oxygen atoms in total. The van der Waals surface area contributed by atoms with Gasteiger partial charge in [-0.1, -0.05) is 0 Å². The maximum Gasteiger partial charge on any atom is 1.00 e. The van der Waals surface area contributed by atoms with Gasteiger partial charge in [0.25, 0.3) is 0 Å². The van der Waals surface area contributed by atoms with Crippen LogP contribution >= 0.6 is 11.8 Å². The van der Waals surface area contributed by atoms with Crippen LogP contribution in [0, 0.1) is 0 Å². The van der Waals surface area contributed by atoms with Crippen LogP contribution in [0.5, 0.6) is 0 Å². The minimum atomic E-state index is -4.85. The molecule has 0 aromatic rings. The quantitative estimate of drug-likeness (QED) is 0.638. The molecular formula is C8H13BF3KOS. The minimum Gasteiger partial charge on any atom is -0.445 e. The van der Waals surface area contributed by atoms with Gasteiger partial charge in [0, 0.05) is 12.4 Å². The van der Waals surface area contributed by atoms with Crippen LogP contribution in [-0.2, 0) is 4.74 Å². The number of ether oxygens (including phenoxy) is 1. The van der Waals surface area contributed by atoms with E-state index in [0.29, 0.717) is 5.75 Å². The molecule has 1 atom stereocenters. The molecule has 7 heteroatoms. The molecule has 1 fully saturated rings. The van der Waals surface area contributed by atoms with Crippen LogP contribution < -0.4 is 51.4 Å². The van der Waals surface area contributed by atoms with E-state index >= 15 is 0 Å². The minimum absolute atomic E-state index is 0. The van der Waals surface area contributed by atoms with Crippen molar-refractivity contribution in [2.75, 3.05) is 18.1 Å². The molecule has 0 N–H and O–H groups in total. The van der Waals surface area contributed by atoms with E-state index < -0.39 is 12.4 Å². The summed E-state index contributed by atoms with van der Waals surface area (Å²) in [5.41, 5.74) is -0.604. The Morgan fingerprint density at radius 3 is 2.60 bits per heavy atom. The Morgan fingerprint density at radius 2 is 2.13 bits per heavy atom. The second-order valence-electron chi connectivity index (χ2n) is 3.38. The van der Waals surface area contributed by atoms with Crippen molar-refractivity contribution in [3.63, 3.8) is 0 Å². The Bertz CT molecular complexity index is 207. The molecule has 1 aliphatic heterocycles. The van der Waals surface area contributed by atoms with Crippen molar-refractivity contribution in [3.05, 3.63) is 12.1 Å². The van der Waals surface area contributed by atoms with Crippen LogP contribution in [0.4, 0.5) is 12.9 Å². The fourth-order valence-corrected chi connectivity index (χ4v) is 2.29. The average Bonchev–Trinajstić information content (AvgIpc) is 2.55. The summed E-state index contributed by atoms with van der Waals surface area (Å²) >= 11 is 1.26. The van der Waals surface area contributed by atoms with Gasteiger partial charge in [-0.2, -0.15) is 11.8 Å². The molecule has 1 unspecified atom stereocenters. The predicted octanol–water partition coefficient (Wildman–Crippen LogP) is -0.155. The average molecular weight is 264 g/mol. The molecule has 1 rings (SSSR count). The van der Waals surface area contributed by atoms with Crippen molar-refractivity contribution in [2.45, 2.75) is 18.9 Å². The molecular weight excluding hydrogens is 251 g/mol. The molecule has 0 amide bonds. The first kappa shape index (κ1) is 16.5. The van der Waals surface area contributed by atoms with Crippen LogP contribution in [0.3, 0.4) is 0 Å². The van der Waals surface area contributed by atoms with Crippen LogP contribution in [0.25, 0.3) is 0 Å². The van der Waals surface area contributed by atoms with Crippen LogP contribution in [0.1, 0.15) is 12.8 Å². The number of rotatable bonds is 5. The zero-order valence-corrected chi connectivity index (χ0v) is 12.8. The van der Waals surface area contributed by atoms with E-state index in [-0.39, 0.29) is 63.2 Å². The van der Waals surface area contributed by atoms with Gasteiger partial charge in [-0.3, -0.25) is 0 Å². The Balaban J connectivity index is 0.00000196. The third-order valence-electron chi connectivity index (χ3n) is 2.08. The van der Waals surface area contributed by atoms with Gasteiger partial charge >= 0.3 is 58.4 Å². The summed E-state index contributed by atoms with van der Waals surface area (Å²) in [6, 6.07) is 0. The van der Waals surface area contributed by atoms with E-state index in [2.05, 4.69) is 6.58 Å². The molecule has 0 radical (unpaired) electrons. The predicted molar refractivity (Wildman–Crippen MR) is 54.5 cm³/mol. The van der Waals surface area contributed by atoms with Gasteiger partial charge in [0.1, 0.15) is 0 Å². The van der Waals surface area contributed by atoms with Crippen molar-refractivity contribution in [2.24, 2.45) is 0 Å². The first-order valence-corrected chi connectivity index (χ1v) is 5.72. The first-order valence-electron chi connectivity index (χ1n) is 4.57. The number of hydrogen-bond acceptors (Lipinski definition) is 2. The van der Waals surface area contributed by atoms with Gasteiger partial charge in [0.15, 0.2) is 0 Å². The fraction of sp³-hybridized carbons (Fsp3) is 0.750. The number of thioether (sulfide) groups is 1. The Hall–Kier alpha value is 1.54. The SMILES string of the molecule is C=C(CSCC1CCCO1)[B-](F)(F)F.[K+]. The van der Waals surface area contributed by atoms with Gasteiger partial charge in [0.2, 0.25) is 0 Å². The van der Waals surface area contributed by atoms with E-state index in [1.165, 1.54) is 11.8 Å². The maximum atomic E-state index is 12.1. The maximum absolute atomic E-state index is 12.1. The molecule has 82 valence electrons. The van der Waals surface area contributed by atoms with Gasteiger partial charge in [-0.15, -0.1) is 12.1 Å². The van der Waals surface area contributed by atoms with E-state index in [0.717, 1.165) is 19.4 Å². The molecule has 0 aliphatic carbocycles. The van der Waals surface area contributed by atoms with E-state index in [4.69, 9.17) is 4.74 Å². The number of hydrogen-bond donors (Lipinski definition) is 0. The van der Waals surface area contributed by atoms with Gasteiger partial charge in [0.05, 0.1) is 6.10 Å². The fourth-order valence-electron chi connectivity index (χ4n) is 1.19. The van der Waals surface area contributed by atoms with Crippen LogP contribution in [0.2, 0.25) is 0 Å². The van der Waals surface area contributed by atoms with E-state index in [1.54, 1.807) is 0 Å². The van der Waals surface area contributed by atoms with Gasteiger partial charge in [-0.25, -0.2) is 0 Å². The molecule has 0 spiro atoms. The van der Waals surface area contributed by atoms with Crippen LogP contribution in [0.15, 0.2) is 12.1 Å². The largest absolute Gasteiger partial charge is 1.00 e. The smallest absolute Gasteiger partial charge is 0.445 e. The molecule has 0 bridgehead atoms. The molecule has 0 saturated carbocycles. The van der Waals surface area contributed by atoms with Crippen LogP contribution in [-0.4, -0.2) is 31.2 Å². The Labute approximate surface area is 135 Å². The number of halogens is 3. The van der Waals surface area contributed by atoms with Gasteiger partial charge in [-0.05, 0) is 18.6 Å². The summed E-state index contributed by atoms with van der Waals surface area (Å²) in [7, 11) is 0. The monoisotopic (exact) mass is 264 g/mol. The van der Waals surface area contributed by atoms with Crippen molar-refractivity contribution in [3.8, 4) is 0 Å². The summed E-state index contributed by atoms with van der Waals surface area (Å²) in [5, 5.41) is 0. The van der Waals surface area contributed by atoms with Crippen molar-refractivity contribution < 1.29 is 69.1 Å². The molecule has 15 heavy (non-hydrogen) atoms. The Kier molecular flexibility index (Phi) is 8.59. The second-order valence-corrected chi connectivity index (χ2v) is 4.41. The zero-order chi connectivity index (χ0) is 10.6. The van der Waals surface area contributed by atoms with E-state index in [9.17, 15) is 12.9 Å². The molecule has 1 saturated heterocycles. The third kappa shape index (κ3) is 6.75. The summed E-state index contributed by atoms with van der Waals surface area (Å²) in [4.78, 5) is 0.